The molecule has 98 valence electrons. The van der Waals surface area contributed by atoms with Gasteiger partial charge in [-0.3, -0.25) is 0 Å². The average molecular weight is 267 g/mol. The van der Waals surface area contributed by atoms with Crippen molar-refractivity contribution in [2.24, 2.45) is 0 Å². The fourth-order valence-corrected chi connectivity index (χ4v) is 3.12. The Balaban J connectivity index is 2.00. The minimum atomic E-state index is -0.461. The number of rotatable bonds is 4. The second-order valence-electron chi connectivity index (χ2n) is 4.25. The van der Waals surface area contributed by atoms with Gasteiger partial charge in [-0.1, -0.05) is 6.42 Å². The molecule has 0 aromatic carbocycles. The molecule has 1 fully saturated rings. The lowest BCUT2D eigenvalue weighted by molar-refractivity contribution is 0.0593. The first kappa shape index (κ1) is 13.1. The normalized spacial score (nSPS) is 22.8. The van der Waals surface area contributed by atoms with E-state index in [0.29, 0.717) is 17.1 Å². The van der Waals surface area contributed by atoms with Crippen molar-refractivity contribution < 1.29 is 9.53 Å². The Morgan fingerprint density at radius 2 is 2.28 bits per heavy atom. The van der Waals surface area contributed by atoms with Crippen LogP contribution in [0.1, 0.15) is 29.8 Å². The molecular weight excluding hydrogens is 250 g/mol. The molecule has 0 aliphatic heterocycles. The maximum atomic E-state index is 11.2. The van der Waals surface area contributed by atoms with Gasteiger partial charge in [0, 0.05) is 11.3 Å². The van der Waals surface area contributed by atoms with Crippen LogP contribution < -0.4 is 5.32 Å². The number of carbonyl (C=O) groups excluding carboxylic acids is 1. The van der Waals surface area contributed by atoms with Gasteiger partial charge in [-0.15, -0.1) is 10.2 Å². The summed E-state index contributed by atoms with van der Waals surface area (Å²) in [4.78, 5) is 11.2. The number of anilines is 1. The zero-order chi connectivity index (χ0) is 13.0. The smallest absolute Gasteiger partial charge is 0.358 e. The number of carbonyl (C=O) groups is 1. The molecule has 0 spiro atoms. The van der Waals surface area contributed by atoms with Crippen LogP contribution in [0.15, 0.2) is 12.1 Å². The first-order chi connectivity index (χ1) is 8.74. The van der Waals surface area contributed by atoms with Crippen molar-refractivity contribution in [1.29, 1.82) is 0 Å². The first-order valence-corrected chi connectivity index (χ1v) is 7.24. The molecule has 1 saturated carbocycles. The van der Waals surface area contributed by atoms with Crippen LogP contribution in [-0.2, 0) is 4.74 Å². The molecule has 1 aliphatic carbocycles. The molecule has 1 aliphatic rings. The maximum absolute atomic E-state index is 11.2. The molecule has 2 unspecified atom stereocenters. The predicted molar refractivity (Wildman–Crippen MR) is 71.9 cm³/mol. The van der Waals surface area contributed by atoms with Crippen molar-refractivity contribution in [3.63, 3.8) is 0 Å². The average Bonchev–Trinajstić information content (AvgIpc) is 2.86. The van der Waals surface area contributed by atoms with Crippen LogP contribution in [0.4, 0.5) is 5.82 Å². The van der Waals surface area contributed by atoms with E-state index in [1.165, 1.54) is 20.0 Å². The van der Waals surface area contributed by atoms with Crippen molar-refractivity contribution in [2.45, 2.75) is 30.6 Å². The molecule has 0 radical (unpaired) electrons. The Labute approximate surface area is 111 Å². The van der Waals surface area contributed by atoms with E-state index in [1.54, 1.807) is 12.1 Å². The van der Waals surface area contributed by atoms with E-state index in [0.717, 1.165) is 6.42 Å². The van der Waals surface area contributed by atoms with Crippen molar-refractivity contribution in [2.75, 3.05) is 18.7 Å². The summed E-state index contributed by atoms with van der Waals surface area (Å²) in [6.45, 7) is 0. The third-order valence-corrected chi connectivity index (χ3v) is 4.32. The van der Waals surface area contributed by atoms with E-state index < -0.39 is 5.97 Å². The zero-order valence-corrected chi connectivity index (χ0v) is 11.4. The van der Waals surface area contributed by atoms with Crippen molar-refractivity contribution in [3.05, 3.63) is 17.8 Å². The Kier molecular flexibility index (Phi) is 4.41. The number of aromatic nitrogens is 2. The van der Waals surface area contributed by atoms with E-state index in [2.05, 4.69) is 26.5 Å². The van der Waals surface area contributed by atoms with Crippen LogP contribution in [0.2, 0.25) is 0 Å². The maximum Gasteiger partial charge on any atom is 0.358 e. The highest BCUT2D eigenvalue weighted by molar-refractivity contribution is 7.99. The van der Waals surface area contributed by atoms with Gasteiger partial charge in [0.15, 0.2) is 5.69 Å². The summed E-state index contributed by atoms with van der Waals surface area (Å²) < 4.78 is 4.58. The molecule has 1 aromatic heterocycles. The summed E-state index contributed by atoms with van der Waals surface area (Å²) >= 11 is 1.89. The van der Waals surface area contributed by atoms with Crippen LogP contribution >= 0.6 is 11.8 Å². The Morgan fingerprint density at radius 3 is 2.89 bits per heavy atom. The zero-order valence-electron chi connectivity index (χ0n) is 10.5. The highest BCUT2D eigenvalue weighted by Crippen LogP contribution is 2.30. The monoisotopic (exact) mass is 267 g/mol. The second-order valence-corrected chi connectivity index (χ2v) is 5.33. The van der Waals surface area contributed by atoms with Crippen LogP contribution in [0.3, 0.4) is 0 Å². The molecule has 18 heavy (non-hydrogen) atoms. The Hall–Kier alpha value is -1.30. The lowest BCUT2D eigenvalue weighted by atomic mass is 10.2. The van der Waals surface area contributed by atoms with Crippen molar-refractivity contribution in [1.82, 2.24) is 10.2 Å². The molecule has 2 atom stereocenters. The number of nitrogens with one attached hydrogen (secondary N) is 1. The van der Waals surface area contributed by atoms with Crippen molar-refractivity contribution >= 4 is 23.5 Å². The third kappa shape index (κ3) is 2.93. The van der Waals surface area contributed by atoms with Gasteiger partial charge in [-0.25, -0.2) is 4.79 Å². The summed E-state index contributed by atoms with van der Waals surface area (Å²) in [6.07, 6.45) is 5.78. The number of methoxy groups -OCH3 is 1. The van der Waals surface area contributed by atoms with Gasteiger partial charge in [0.25, 0.3) is 0 Å². The van der Waals surface area contributed by atoms with E-state index in [4.69, 9.17) is 0 Å². The number of nitrogens with zero attached hydrogens (tertiary/aromatic N) is 2. The molecule has 5 nitrogen and oxygen atoms in total. The van der Waals surface area contributed by atoms with Crippen LogP contribution in [0.5, 0.6) is 0 Å². The van der Waals surface area contributed by atoms with Gasteiger partial charge in [-0.2, -0.15) is 11.8 Å². The Bertz CT molecular complexity index is 410. The van der Waals surface area contributed by atoms with Gasteiger partial charge in [0.1, 0.15) is 5.82 Å². The van der Waals surface area contributed by atoms with Crippen LogP contribution in [0.25, 0.3) is 0 Å². The van der Waals surface area contributed by atoms with Crippen molar-refractivity contribution in [3.8, 4) is 0 Å². The topological polar surface area (TPSA) is 64.1 Å². The number of esters is 1. The van der Waals surface area contributed by atoms with Gasteiger partial charge in [-0.05, 0) is 31.2 Å². The van der Waals surface area contributed by atoms with E-state index in [9.17, 15) is 4.79 Å². The van der Waals surface area contributed by atoms with Gasteiger partial charge in [0.05, 0.1) is 7.11 Å². The van der Waals surface area contributed by atoms with Gasteiger partial charge in [0.2, 0.25) is 0 Å². The van der Waals surface area contributed by atoms with Gasteiger partial charge >= 0.3 is 5.97 Å². The molecule has 1 N–H and O–H groups in total. The number of hydrogen-bond donors (Lipinski definition) is 1. The number of ether oxygens (including phenoxy) is 1. The lowest BCUT2D eigenvalue weighted by Crippen LogP contribution is -2.26. The minimum Gasteiger partial charge on any atom is -0.464 e. The van der Waals surface area contributed by atoms with E-state index >= 15 is 0 Å². The third-order valence-electron chi connectivity index (χ3n) is 3.15. The highest BCUT2D eigenvalue weighted by atomic mass is 32.2. The molecule has 6 heteroatoms. The molecule has 2 rings (SSSR count). The highest BCUT2D eigenvalue weighted by Gasteiger charge is 2.26. The molecule has 1 heterocycles. The summed E-state index contributed by atoms with van der Waals surface area (Å²) in [5.41, 5.74) is 0.232. The molecular formula is C12H17N3O2S. The molecule has 1 aromatic rings. The van der Waals surface area contributed by atoms with Crippen LogP contribution in [0, 0.1) is 0 Å². The van der Waals surface area contributed by atoms with Gasteiger partial charge < -0.3 is 10.1 Å². The number of thioether (sulfide) groups is 1. The summed E-state index contributed by atoms with van der Waals surface area (Å²) in [5, 5.41) is 11.9. The Morgan fingerprint density at radius 1 is 1.44 bits per heavy atom. The van der Waals surface area contributed by atoms with Crippen LogP contribution in [-0.4, -0.2) is 40.8 Å². The van der Waals surface area contributed by atoms with E-state index in [1.807, 2.05) is 11.8 Å². The number of hydrogen-bond acceptors (Lipinski definition) is 6. The quantitative estimate of drug-likeness (QED) is 0.841. The fraction of sp³-hybridized carbons (Fsp3) is 0.583. The van der Waals surface area contributed by atoms with E-state index in [-0.39, 0.29) is 5.69 Å². The molecule has 0 amide bonds. The standard InChI is InChI=1S/C12H17N3O2S/c1-17-12(16)9-6-7-11(15-14-9)13-8-4-3-5-10(8)18-2/h6-8,10H,3-5H2,1-2H3,(H,13,15). The lowest BCUT2D eigenvalue weighted by Gasteiger charge is -2.19. The summed E-state index contributed by atoms with van der Waals surface area (Å²) in [7, 11) is 1.33. The molecule has 0 saturated heterocycles. The predicted octanol–water partition coefficient (Wildman–Crippen LogP) is 1.96. The summed E-state index contributed by atoms with van der Waals surface area (Å²) in [5.74, 6) is 0.255. The molecule has 0 bridgehead atoms. The fourth-order valence-electron chi connectivity index (χ4n) is 2.19. The first-order valence-electron chi connectivity index (χ1n) is 5.96. The SMILES string of the molecule is COC(=O)c1ccc(NC2CCCC2SC)nn1. The second kappa shape index (κ2) is 6.04. The largest absolute Gasteiger partial charge is 0.464 e. The minimum absolute atomic E-state index is 0.232. The summed E-state index contributed by atoms with van der Waals surface area (Å²) in [6, 6.07) is 3.84.